The third-order valence-electron chi connectivity index (χ3n) is 3.93. The number of likely N-dealkylation sites (tertiary alicyclic amines) is 1. The van der Waals surface area contributed by atoms with Crippen LogP contribution in [-0.2, 0) is 4.79 Å². The molecule has 2 N–H and O–H groups in total. The van der Waals surface area contributed by atoms with Crippen LogP contribution in [0.15, 0.2) is 29.2 Å². The van der Waals surface area contributed by atoms with Gasteiger partial charge in [0.2, 0.25) is 5.91 Å². The Morgan fingerprint density at radius 3 is 2.67 bits per heavy atom. The van der Waals surface area contributed by atoms with Crippen molar-refractivity contribution >= 4 is 23.5 Å². The molecule has 0 aromatic heterocycles. The van der Waals surface area contributed by atoms with Crippen LogP contribution in [0.5, 0.6) is 0 Å². The molecule has 114 valence electrons. The van der Waals surface area contributed by atoms with Gasteiger partial charge in [-0.15, -0.1) is 11.8 Å². The second-order valence-electron chi connectivity index (χ2n) is 5.45. The molecule has 1 aromatic rings. The molecule has 1 atom stereocenters. The van der Waals surface area contributed by atoms with Crippen molar-refractivity contribution in [1.82, 2.24) is 4.90 Å². The van der Waals surface area contributed by atoms with Crippen LogP contribution in [0.2, 0.25) is 0 Å². The Morgan fingerprint density at radius 1 is 1.33 bits per heavy atom. The van der Waals surface area contributed by atoms with Crippen molar-refractivity contribution in [2.45, 2.75) is 24.2 Å². The average Bonchev–Trinajstić information content (AvgIpc) is 2.52. The Bertz CT molecular complexity index is 502. The van der Waals surface area contributed by atoms with Crippen molar-refractivity contribution < 1.29 is 9.59 Å². The molecular formula is C16H22N2O2S. The number of primary amides is 1. The summed E-state index contributed by atoms with van der Waals surface area (Å²) in [5, 5.41) is 0. The molecule has 21 heavy (non-hydrogen) atoms. The first-order valence-electron chi connectivity index (χ1n) is 7.29. The van der Waals surface area contributed by atoms with Crippen molar-refractivity contribution in [3.8, 4) is 0 Å². The summed E-state index contributed by atoms with van der Waals surface area (Å²) < 4.78 is 0. The molecule has 1 aromatic carbocycles. The molecule has 1 aliphatic heterocycles. The van der Waals surface area contributed by atoms with Gasteiger partial charge >= 0.3 is 0 Å². The van der Waals surface area contributed by atoms with E-state index in [1.54, 1.807) is 11.8 Å². The first kappa shape index (κ1) is 16.0. The predicted molar refractivity (Wildman–Crippen MR) is 85.5 cm³/mol. The lowest BCUT2D eigenvalue weighted by molar-refractivity contribution is -0.118. The highest BCUT2D eigenvalue weighted by Crippen LogP contribution is 2.22. The lowest BCUT2D eigenvalue weighted by Gasteiger charge is -2.31. The number of hydrogen-bond acceptors (Lipinski definition) is 4. The zero-order valence-electron chi connectivity index (χ0n) is 12.4. The number of carbonyl (C=O) groups is 2. The van der Waals surface area contributed by atoms with Crippen molar-refractivity contribution in [2.75, 3.05) is 25.9 Å². The van der Waals surface area contributed by atoms with E-state index in [4.69, 9.17) is 5.73 Å². The van der Waals surface area contributed by atoms with E-state index in [9.17, 15) is 9.59 Å². The van der Waals surface area contributed by atoms with Gasteiger partial charge < -0.3 is 10.6 Å². The highest BCUT2D eigenvalue weighted by atomic mass is 32.2. The SMILES string of the molecule is CSc1ccc(C(=O)[C@H]2CCCN(CCC(N)=O)C2)cc1. The number of ketones is 1. The smallest absolute Gasteiger partial charge is 0.218 e. The number of rotatable bonds is 6. The summed E-state index contributed by atoms with van der Waals surface area (Å²) in [5.41, 5.74) is 5.97. The van der Waals surface area contributed by atoms with E-state index in [2.05, 4.69) is 4.90 Å². The van der Waals surface area contributed by atoms with Crippen LogP contribution >= 0.6 is 11.8 Å². The Hall–Kier alpha value is -1.33. The highest BCUT2D eigenvalue weighted by Gasteiger charge is 2.26. The van der Waals surface area contributed by atoms with Crippen molar-refractivity contribution in [1.29, 1.82) is 0 Å². The summed E-state index contributed by atoms with van der Waals surface area (Å²) in [4.78, 5) is 26.8. The molecule has 1 heterocycles. The minimum absolute atomic E-state index is 0.0340. The van der Waals surface area contributed by atoms with Crippen LogP contribution in [0.3, 0.4) is 0 Å². The Morgan fingerprint density at radius 2 is 2.05 bits per heavy atom. The quantitative estimate of drug-likeness (QED) is 0.646. The maximum Gasteiger partial charge on any atom is 0.218 e. The van der Waals surface area contributed by atoms with E-state index >= 15 is 0 Å². The van der Waals surface area contributed by atoms with Crippen LogP contribution in [0, 0.1) is 5.92 Å². The number of thioether (sulfide) groups is 1. The van der Waals surface area contributed by atoms with Gasteiger partial charge in [-0.1, -0.05) is 12.1 Å². The average molecular weight is 306 g/mol. The zero-order valence-corrected chi connectivity index (χ0v) is 13.2. The topological polar surface area (TPSA) is 63.4 Å². The van der Waals surface area contributed by atoms with Gasteiger partial charge in [0, 0.05) is 35.9 Å². The summed E-state index contributed by atoms with van der Waals surface area (Å²) in [5.74, 6) is -0.0331. The van der Waals surface area contributed by atoms with Crippen LogP contribution in [0.25, 0.3) is 0 Å². The Kier molecular flexibility index (Phi) is 5.82. The maximum atomic E-state index is 12.6. The molecule has 2 rings (SSSR count). The second kappa shape index (κ2) is 7.61. The molecule has 0 radical (unpaired) electrons. The summed E-state index contributed by atoms with van der Waals surface area (Å²) in [6.45, 7) is 2.34. The molecule has 0 aliphatic carbocycles. The molecule has 0 spiro atoms. The molecule has 4 nitrogen and oxygen atoms in total. The molecule has 0 unspecified atom stereocenters. The van der Waals surface area contributed by atoms with Gasteiger partial charge in [0.05, 0.1) is 0 Å². The predicted octanol–water partition coefficient (Wildman–Crippen LogP) is 2.18. The van der Waals surface area contributed by atoms with E-state index in [0.717, 1.165) is 31.5 Å². The number of nitrogens with zero attached hydrogens (tertiary/aromatic N) is 1. The van der Waals surface area contributed by atoms with Crippen LogP contribution in [0.1, 0.15) is 29.6 Å². The second-order valence-corrected chi connectivity index (χ2v) is 6.33. The fraction of sp³-hybridized carbons (Fsp3) is 0.500. The Labute approximate surface area is 130 Å². The highest BCUT2D eigenvalue weighted by molar-refractivity contribution is 7.98. The molecule has 5 heteroatoms. The first-order valence-corrected chi connectivity index (χ1v) is 8.51. The van der Waals surface area contributed by atoms with E-state index in [-0.39, 0.29) is 17.6 Å². The van der Waals surface area contributed by atoms with Gasteiger partial charge in [0.15, 0.2) is 5.78 Å². The van der Waals surface area contributed by atoms with Gasteiger partial charge in [-0.3, -0.25) is 9.59 Å². The van der Waals surface area contributed by atoms with Gasteiger partial charge in [-0.2, -0.15) is 0 Å². The monoisotopic (exact) mass is 306 g/mol. The summed E-state index contributed by atoms with van der Waals surface area (Å²) >= 11 is 1.67. The van der Waals surface area contributed by atoms with E-state index in [0.29, 0.717) is 13.0 Å². The van der Waals surface area contributed by atoms with E-state index in [1.807, 2.05) is 30.5 Å². The lowest BCUT2D eigenvalue weighted by Crippen LogP contribution is -2.40. The summed E-state index contributed by atoms with van der Waals surface area (Å²) in [7, 11) is 0. The number of nitrogens with two attached hydrogens (primary N) is 1. The van der Waals surface area contributed by atoms with Crippen LogP contribution in [-0.4, -0.2) is 42.5 Å². The van der Waals surface area contributed by atoms with Crippen molar-refractivity contribution in [3.05, 3.63) is 29.8 Å². The van der Waals surface area contributed by atoms with Crippen molar-refractivity contribution in [2.24, 2.45) is 11.7 Å². The third kappa shape index (κ3) is 4.58. The van der Waals surface area contributed by atoms with Crippen LogP contribution in [0.4, 0.5) is 0 Å². The number of benzene rings is 1. The number of carbonyl (C=O) groups excluding carboxylic acids is 2. The van der Waals surface area contributed by atoms with E-state index < -0.39 is 0 Å². The number of hydrogen-bond donors (Lipinski definition) is 1. The lowest BCUT2D eigenvalue weighted by atomic mass is 9.90. The van der Waals surface area contributed by atoms with Crippen molar-refractivity contribution in [3.63, 3.8) is 0 Å². The van der Waals surface area contributed by atoms with Gasteiger partial charge in [-0.25, -0.2) is 0 Å². The number of amides is 1. The zero-order chi connectivity index (χ0) is 15.2. The first-order chi connectivity index (χ1) is 10.1. The number of Topliss-reactive ketones (excluding diaryl/α,β-unsaturated/α-hetero) is 1. The van der Waals surface area contributed by atoms with Crippen LogP contribution < -0.4 is 5.73 Å². The molecule has 0 bridgehead atoms. The molecule has 0 saturated carbocycles. The largest absolute Gasteiger partial charge is 0.370 e. The number of piperidine rings is 1. The summed E-state index contributed by atoms with van der Waals surface area (Å²) in [6, 6.07) is 7.81. The fourth-order valence-electron chi connectivity index (χ4n) is 2.73. The third-order valence-corrected chi connectivity index (χ3v) is 4.67. The molecule has 1 saturated heterocycles. The summed E-state index contributed by atoms with van der Waals surface area (Å²) in [6.07, 6.45) is 4.31. The van der Waals surface area contributed by atoms with Gasteiger partial charge in [0.1, 0.15) is 0 Å². The Balaban J connectivity index is 1.96. The molecule has 1 aliphatic rings. The molecular weight excluding hydrogens is 284 g/mol. The fourth-order valence-corrected chi connectivity index (χ4v) is 3.14. The maximum absolute atomic E-state index is 12.6. The standard InChI is InChI=1S/C16H22N2O2S/c1-21-14-6-4-12(5-7-14)16(20)13-3-2-9-18(11-13)10-8-15(17)19/h4-7,13H,2-3,8-11H2,1H3,(H2,17,19)/t13-/m0/s1. The molecule has 1 fully saturated rings. The minimum atomic E-state index is -0.281. The normalized spacial score (nSPS) is 19.4. The van der Waals surface area contributed by atoms with E-state index in [1.165, 1.54) is 4.90 Å². The van der Waals surface area contributed by atoms with Gasteiger partial charge in [-0.05, 0) is 37.8 Å². The minimum Gasteiger partial charge on any atom is -0.370 e. The molecule has 1 amide bonds. The van der Waals surface area contributed by atoms with Gasteiger partial charge in [0.25, 0.3) is 0 Å².